The quantitative estimate of drug-likeness (QED) is 0.0911. The van der Waals surface area contributed by atoms with Gasteiger partial charge in [-0.15, -0.1) is 0 Å². The highest BCUT2D eigenvalue weighted by atomic mass is 16.5. The van der Waals surface area contributed by atoms with Gasteiger partial charge in [0.25, 0.3) is 0 Å². The monoisotopic (exact) mass is 453 g/mol. The SMILES string of the molecule is CCCCCCCCCCCCCCCCC(CCCCCCCCCCCCC)NO. The number of hydrogen-bond acceptors (Lipinski definition) is 2. The van der Waals surface area contributed by atoms with Gasteiger partial charge in [-0.25, -0.2) is 5.48 Å². The van der Waals surface area contributed by atoms with Gasteiger partial charge in [0.2, 0.25) is 0 Å². The van der Waals surface area contributed by atoms with E-state index in [9.17, 15) is 5.21 Å². The maximum absolute atomic E-state index is 9.44. The highest BCUT2D eigenvalue weighted by Gasteiger charge is 2.06. The van der Waals surface area contributed by atoms with Crippen LogP contribution in [-0.4, -0.2) is 11.2 Å². The van der Waals surface area contributed by atoms with E-state index >= 15 is 0 Å². The lowest BCUT2D eigenvalue weighted by molar-refractivity contribution is 0.114. The van der Waals surface area contributed by atoms with Gasteiger partial charge in [0, 0.05) is 6.04 Å². The molecule has 0 amide bonds. The molecule has 0 aliphatic carbocycles. The van der Waals surface area contributed by atoms with Crippen molar-refractivity contribution in [2.24, 2.45) is 0 Å². The van der Waals surface area contributed by atoms with Crippen molar-refractivity contribution < 1.29 is 5.21 Å². The molecule has 0 aliphatic rings. The average molecular weight is 454 g/mol. The van der Waals surface area contributed by atoms with Gasteiger partial charge in [-0.3, -0.25) is 0 Å². The van der Waals surface area contributed by atoms with Gasteiger partial charge in [0.15, 0.2) is 0 Å². The molecule has 32 heavy (non-hydrogen) atoms. The van der Waals surface area contributed by atoms with E-state index in [2.05, 4.69) is 19.3 Å². The molecule has 0 aliphatic heterocycles. The van der Waals surface area contributed by atoms with Crippen molar-refractivity contribution >= 4 is 0 Å². The van der Waals surface area contributed by atoms with E-state index in [-0.39, 0.29) is 0 Å². The standard InChI is InChI=1S/C30H63NO/c1-3-5-7-9-11-13-15-16-17-19-21-23-25-27-29-30(31-32)28-26-24-22-20-18-14-12-10-8-6-4-2/h30-32H,3-29H2,1-2H3. The van der Waals surface area contributed by atoms with Crippen LogP contribution in [0.5, 0.6) is 0 Å². The van der Waals surface area contributed by atoms with Crippen molar-refractivity contribution in [1.82, 2.24) is 5.48 Å². The van der Waals surface area contributed by atoms with Gasteiger partial charge >= 0.3 is 0 Å². The van der Waals surface area contributed by atoms with Gasteiger partial charge < -0.3 is 5.21 Å². The van der Waals surface area contributed by atoms with Crippen LogP contribution in [0.4, 0.5) is 0 Å². The second kappa shape index (κ2) is 29.0. The first-order valence-corrected chi connectivity index (χ1v) is 15.2. The molecule has 2 heteroatoms. The summed E-state index contributed by atoms with van der Waals surface area (Å²) in [6.07, 6.45) is 37.4. The predicted octanol–water partition coefficient (Wildman–Crippen LogP) is 10.9. The summed E-state index contributed by atoms with van der Waals surface area (Å²) in [5, 5.41) is 9.44. The zero-order chi connectivity index (χ0) is 23.4. The molecule has 0 fully saturated rings. The number of unbranched alkanes of at least 4 members (excludes halogenated alkanes) is 23. The molecule has 0 bridgehead atoms. The lowest BCUT2D eigenvalue weighted by Crippen LogP contribution is -2.25. The molecule has 0 aromatic heterocycles. The molecule has 2 N–H and O–H groups in total. The Morgan fingerprint density at radius 1 is 0.375 bits per heavy atom. The number of rotatable bonds is 28. The Hall–Kier alpha value is -0.0800. The Morgan fingerprint density at radius 2 is 0.594 bits per heavy atom. The lowest BCUT2D eigenvalue weighted by atomic mass is 10.00. The van der Waals surface area contributed by atoms with Crippen LogP contribution in [0.2, 0.25) is 0 Å². The number of nitrogens with one attached hydrogen (secondary N) is 1. The van der Waals surface area contributed by atoms with Crippen LogP contribution in [0, 0.1) is 0 Å². The minimum absolute atomic E-state index is 0.325. The van der Waals surface area contributed by atoms with Crippen LogP contribution in [0.15, 0.2) is 0 Å². The number of hydrogen-bond donors (Lipinski definition) is 2. The van der Waals surface area contributed by atoms with Gasteiger partial charge in [0.1, 0.15) is 0 Å². The molecule has 194 valence electrons. The fourth-order valence-corrected chi connectivity index (χ4v) is 4.91. The van der Waals surface area contributed by atoms with Crippen molar-refractivity contribution in [2.45, 2.75) is 193 Å². The summed E-state index contributed by atoms with van der Waals surface area (Å²) in [7, 11) is 0. The summed E-state index contributed by atoms with van der Waals surface area (Å²) >= 11 is 0. The third kappa shape index (κ3) is 26.2. The zero-order valence-corrected chi connectivity index (χ0v) is 22.6. The van der Waals surface area contributed by atoms with E-state index in [1.165, 1.54) is 161 Å². The Labute approximate surface area is 204 Å². The second-order valence-electron chi connectivity index (χ2n) is 10.5. The van der Waals surface area contributed by atoms with E-state index in [1.807, 2.05) is 0 Å². The molecule has 0 saturated heterocycles. The van der Waals surface area contributed by atoms with Crippen LogP contribution >= 0.6 is 0 Å². The lowest BCUT2D eigenvalue weighted by Gasteiger charge is -2.14. The normalized spacial score (nSPS) is 12.5. The summed E-state index contributed by atoms with van der Waals surface area (Å²) in [5.41, 5.74) is 2.58. The van der Waals surface area contributed by atoms with Gasteiger partial charge in [0.05, 0.1) is 0 Å². The van der Waals surface area contributed by atoms with Gasteiger partial charge in [-0.1, -0.05) is 174 Å². The molecule has 0 aromatic carbocycles. The van der Waals surface area contributed by atoms with Crippen LogP contribution in [0.1, 0.15) is 187 Å². The van der Waals surface area contributed by atoms with E-state index in [0.29, 0.717) is 6.04 Å². The Bertz CT molecular complexity index is 320. The van der Waals surface area contributed by atoms with Crippen molar-refractivity contribution in [3.63, 3.8) is 0 Å². The summed E-state index contributed by atoms with van der Waals surface area (Å²) < 4.78 is 0. The largest absolute Gasteiger partial charge is 0.317 e. The zero-order valence-electron chi connectivity index (χ0n) is 22.6. The molecular formula is C30H63NO. The summed E-state index contributed by atoms with van der Waals surface area (Å²) in [6.45, 7) is 4.58. The first-order valence-electron chi connectivity index (χ1n) is 15.2. The third-order valence-corrected chi connectivity index (χ3v) is 7.24. The fourth-order valence-electron chi connectivity index (χ4n) is 4.91. The maximum Gasteiger partial charge on any atom is 0.0319 e. The topological polar surface area (TPSA) is 32.3 Å². The molecule has 0 aromatic rings. The van der Waals surface area contributed by atoms with Gasteiger partial charge in [-0.05, 0) is 12.8 Å². The van der Waals surface area contributed by atoms with Crippen LogP contribution in [-0.2, 0) is 0 Å². The molecule has 2 nitrogen and oxygen atoms in total. The predicted molar refractivity (Wildman–Crippen MR) is 145 cm³/mol. The highest BCUT2D eigenvalue weighted by molar-refractivity contribution is 4.63. The smallest absolute Gasteiger partial charge is 0.0319 e. The van der Waals surface area contributed by atoms with E-state index in [4.69, 9.17) is 0 Å². The Balaban J connectivity index is 3.26. The van der Waals surface area contributed by atoms with E-state index in [1.54, 1.807) is 0 Å². The maximum atomic E-state index is 9.44. The van der Waals surface area contributed by atoms with Crippen molar-refractivity contribution in [3.8, 4) is 0 Å². The molecular weight excluding hydrogens is 390 g/mol. The molecule has 0 heterocycles. The first-order chi connectivity index (χ1) is 15.8. The Morgan fingerprint density at radius 3 is 0.812 bits per heavy atom. The summed E-state index contributed by atoms with van der Waals surface area (Å²) in [5.74, 6) is 0. The molecule has 1 unspecified atom stereocenters. The second-order valence-corrected chi connectivity index (χ2v) is 10.5. The first kappa shape index (κ1) is 31.9. The Kier molecular flexibility index (Phi) is 28.9. The third-order valence-electron chi connectivity index (χ3n) is 7.24. The molecule has 0 rings (SSSR count). The minimum Gasteiger partial charge on any atom is -0.317 e. The minimum atomic E-state index is 0.325. The molecule has 0 radical (unpaired) electrons. The van der Waals surface area contributed by atoms with E-state index in [0.717, 1.165) is 12.8 Å². The van der Waals surface area contributed by atoms with Crippen LogP contribution in [0.25, 0.3) is 0 Å². The molecule has 0 spiro atoms. The average Bonchev–Trinajstić information content (AvgIpc) is 2.81. The van der Waals surface area contributed by atoms with Crippen molar-refractivity contribution in [3.05, 3.63) is 0 Å². The van der Waals surface area contributed by atoms with Crippen molar-refractivity contribution in [2.75, 3.05) is 0 Å². The fraction of sp³-hybridized carbons (Fsp3) is 1.00. The van der Waals surface area contributed by atoms with E-state index < -0.39 is 0 Å². The summed E-state index contributed by atoms with van der Waals surface area (Å²) in [6, 6.07) is 0.325. The number of hydroxylamine groups is 1. The van der Waals surface area contributed by atoms with Crippen LogP contribution < -0.4 is 5.48 Å². The molecule has 0 saturated carbocycles. The molecule has 1 atom stereocenters. The van der Waals surface area contributed by atoms with Gasteiger partial charge in [-0.2, -0.15) is 0 Å². The van der Waals surface area contributed by atoms with Crippen molar-refractivity contribution in [1.29, 1.82) is 0 Å². The van der Waals surface area contributed by atoms with Crippen LogP contribution in [0.3, 0.4) is 0 Å². The highest BCUT2D eigenvalue weighted by Crippen LogP contribution is 2.16. The summed E-state index contributed by atoms with van der Waals surface area (Å²) in [4.78, 5) is 0.